The van der Waals surface area contributed by atoms with Gasteiger partial charge in [0, 0.05) is 35.6 Å². The molecular formula is C24H26FN3O. The number of hydrogen-bond acceptors (Lipinski definition) is 2. The first-order valence-corrected chi connectivity index (χ1v) is 10.1. The number of carbonyl (C=O) groups excluding carboxylic acids is 1. The fourth-order valence-electron chi connectivity index (χ4n) is 3.79. The van der Waals surface area contributed by atoms with Crippen molar-refractivity contribution in [3.05, 3.63) is 72.1 Å². The predicted octanol–water partition coefficient (Wildman–Crippen LogP) is 5.16. The maximum Gasteiger partial charge on any atom is 0.251 e. The molecule has 150 valence electrons. The molecule has 4 nitrogen and oxygen atoms in total. The molecule has 0 bridgehead atoms. The molecule has 0 radical (unpaired) electrons. The fraction of sp³-hybridized carbons (Fsp3) is 0.333. The zero-order chi connectivity index (χ0) is 20.6. The van der Waals surface area contributed by atoms with Crippen molar-refractivity contribution in [1.82, 2.24) is 14.9 Å². The van der Waals surface area contributed by atoms with Crippen LogP contribution in [0.1, 0.15) is 49.8 Å². The van der Waals surface area contributed by atoms with Crippen molar-refractivity contribution in [2.75, 3.05) is 0 Å². The lowest BCUT2D eigenvalue weighted by Crippen LogP contribution is -2.45. The Morgan fingerprint density at radius 3 is 2.55 bits per heavy atom. The Labute approximate surface area is 170 Å². The van der Waals surface area contributed by atoms with Crippen molar-refractivity contribution in [3.8, 4) is 16.8 Å². The first kappa shape index (κ1) is 19.4. The summed E-state index contributed by atoms with van der Waals surface area (Å²) in [5, 5.41) is 3.20. The molecule has 1 aliphatic rings. The Bertz CT molecular complexity index is 1030. The lowest BCUT2D eigenvalue weighted by molar-refractivity contribution is 0.0903. The van der Waals surface area contributed by atoms with Gasteiger partial charge < -0.3 is 9.88 Å². The summed E-state index contributed by atoms with van der Waals surface area (Å²) in [4.78, 5) is 17.5. The summed E-state index contributed by atoms with van der Waals surface area (Å²) in [7, 11) is 0. The van der Waals surface area contributed by atoms with Crippen molar-refractivity contribution in [2.45, 2.75) is 45.6 Å². The summed E-state index contributed by atoms with van der Waals surface area (Å²) in [5.74, 6) is 1.08. The van der Waals surface area contributed by atoms with Crippen molar-refractivity contribution in [1.29, 1.82) is 0 Å². The Hall–Kier alpha value is -2.95. The van der Waals surface area contributed by atoms with Crippen LogP contribution in [0, 0.1) is 11.7 Å². The standard InChI is InChI=1S/C24H26FN3O/c1-4-22-26-11-12-28(22)21-14-17(16-5-9-20(25)10-6-16)13-18(15-21)23(29)27-24(2,3)19-7-8-19/h5-6,9-15,19H,4,7-8H2,1-3H3,(H,27,29). The molecular weight excluding hydrogens is 365 g/mol. The van der Waals surface area contributed by atoms with Gasteiger partial charge in [-0.3, -0.25) is 4.79 Å². The average molecular weight is 391 g/mol. The molecule has 1 N–H and O–H groups in total. The molecule has 0 atom stereocenters. The van der Waals surface area contributed by atoms with Crippen LogP contribution in [0.5, 0.6) is 0 Å². The number of amides is 1. The van der Waals surface area contributed by atoms with E-state index in [4.69, 9.17) is 0 Å². The highest BCUT2D eigenvalue weighted by atomic mass is 19.1. The molecule has 0 aliphatic heterocycles. The number of nitrogens with one attached hydrogen (secondary N) is 1. The minimum Gasteiger partial charge on any atom is -0.347 e. The minimum atomic E-state index is -0.281. The molecule has 1 heterocycles. The van der Waals surface area contributed by atoms with E-state index in [-0.39, 0.29) is 17.3 Å². The van der Waals surface area contributed by atoms with Crippen molar-refractivity contribution in [3.63, 3.8) is 0 Å². The summed E-state index contributed by atoms with van der Waals surface area (Å²) in [6.45, 7) is 6.21. The van der Waals surface area contributed by atoms with E-state index in [9.17, 15) is 9.18 Å². The van der Waals surface area contributed by atoms with Gasteiger partial charge in [-0.05, 0) is 74.1 Å². The summed E-state index contributed by atoms with van der Waals surface area (Å²) in [5.41, 5.74) is 2.96. The number of nitrogens with zero attached hydrogens (tertiary/aromatic N) is 2. The van der Waals surface area contributed by atoms with E-state index in [2.05, 4.69) is 31.1 Å². The quantitative estimate of drug-likeness (QED) is 0.631. The summed E-state index contributed by atoms with van der Waals surface area (Å²) < 4.78 is 15.4. The molecule has 1 amide bonds. The number of halogens is 1. The van der Waals surface area contributed by atoms with E-state index in [0.717, 1.165) is 41.9 Å². The first-order chi connectivity index (χ1) is 13.9. The van der Waals surface area contributed by atoms with Crippen LogP contribution in [0.25, 0.3) is 16.8 Å². The van der Waals surface area contributed by atoms with Crippen LogP contribution in [-0.4, -0.2) is 21.0 Å². The average Bonchev–Trinajstić information content (AvgIpc) is 3.46. The van der Waals surface area contributed by atoms with Gasteiger partial charge in [-0.2, -0.15) is 0 Å². The molecule has 5 heteroatoms. The van der Waals surface area contributed by atoms with Gasteiger partial charge in [0.05, 0.1) is 0 Å². The van der Waals surface area contributed by atoms with E-state index in [1.54, 1.807) is 18.3 Å². The van der Waals surface area contributed by atoms with Crippen LogP contribution in [-0.2, 0) is 6.42 Å². The molecule has 0 saturated heterocycles. The van der Waals surface area contributed by atoms with Crippen LogP contribution in [0.2, 0.25) is 0 Å². The Morgan fingerprint density at radius 1 is 1.17 bits per heavy atom. The minimum absolute atomic E-state index is 0.0923. The third-order valence-electron chi connectivity index (χ3n) is 5.70. The van der Waals surface area contributed by atoms with Gasteiger partial charge in [0.2, 0.25) is 0 Å². The number of carbonyl (C=O) groups is 1. The molecule has 1 aliphatic carbocycles. The van der Waals surface area contributed by atoms with Gasteiger partial charge >= 0.3 is 0 Å². The number of rotatable bonds is 6. The number of benzene rings is 2. The normalized spacial score (nSPS) is 14.1. The number of imidazole rings is 1. The molecule has 0 unspecified atom stereocenters. The van der Waals surface area contributed by atoms with Crippen LogP contribution < -0.4 is 5.32 Å². The lowest BCUT2D eigenvalue weighted by atomic mass is 9.97. The number of aryl methyl sites for hydroxylation is 1. The second-order valence-electron chi connectivity index (χ2n) is 8.29. The topological polar surface area (TPSA) is 46.9 Å². The third kappa shape index (κ3) is 4.09. The van der Waals surface area contributed by atoms with E-state index in [1.165, 1.54) is 12.1 Å². The van der Waals surface area contributed by atoms with Crippen molar-refractivity contribution < 1.29 is 9.18 Å². The SMILES string of the molecule is CCc1nccn1-c1cc(C(=O)NC(C)(C)C2CC2)cc(-c2ccc(F)cc2)c1. The van der Waals surface area contributed by atoms with E-state index in [1.807, 2.05) is 29.0 Å². The van der Waals surface area contributed by atoms with Gasteiger partial charge in [-0.25, -0.2) is 9.37 Å². The predicted molar refractivity (Wildman–Crippen MR) is 113 cm³/mol. The van der Waals surface area contributed by atoms with Crippen LogP contribution in [0.3, 0.4) is 0 Å². The first-order valence-electron chi connectivity index (χ1n) is 10.1. The fourth-order valence-corrected chi connectivity index (χ4v) is 3.79. The van der Waals surface area contributed by atoms with E-state index >= 15 is 0 Å². The highest BCUT2D eigenvalue weighted by Gasteiger charge is 2.38. The van der Waals surface area contributed by atoms with Gasteiger partial charge in [0.25, 0.3) is 5.91 Å². The van der Waals surface area contributed by atoms with Gasteiger partial charge in [-0.15, -0.1) is 0 Å². The summed E-state index contributed by atoms with van der Waals surface area (Å²) in [6, 6.07) is 12.1. The number of aromatic nitrogens is 2. The molecule has 29 heavy (non-hydrogen) atoms. The van der Waals surface area contributed by atoms with Crippen LogP contribution in [0.15, 0.2) is 54.9 Å². The summed E-state index contributed by atoms with van der Waals surface area (Å²) >= 11 is 0. The molecule has 2 aromatic carbocycles. The molecule has 3 aromatic rings. The molecule has 1 aromatic heterocycles. The zero-order valence-corrected chi connectivity index (χ0v) is 17.1. The highest BCUT2D eigenvalue weighted by molar-refractivity contribution is 5.96. The Kier molecular flexibility index (Phi) is 4.99. The zero-order valence-electron chi connectivity index (χ0n) is 17.1. The summed E-state index contributed by atoms with van der Waals surface area (Å²) in [6.07, 6.45) is 6.76. The van der Waals surface area contributed by atoms with Gasteiger partial charge in [0.1, 0.15) is 11.6 Å². The van der Waals surface area contributed by atoms with Crippen LogP contribution >= 0.6 is 0 Å². The lowest BCUT2D eigenvalue weighted by Gasteiger charge is -2.26. The maximum absolute atomic E-state index is 13.4. The monoisotopic (exact) mass is 391 g/mol. The maximum atomic E-state index is 13.4. The highest BCUT2D eigenvalue weighted by Crippen LogP contribution is 2.39. The van der Waals surface area contributed by atoms with Gasteiger partial charge in [-0.1, -0.05) is 19.1 Å². The third-order valence-corrected chi connectivity index (χ3v) is 5.70. The van der Waals surface area contributed by atoms with E-state index in [0.29, 0.717) is 11.5 Å². The Morgan fingerprint density at radius 2 is 1.90 bits per heavy atom. The molecule has 1 fully saturated rings. The molecule has 1 saturated carbocycles. The Balaban J connectivity index is 1.77. The molecule has 0 spiro atoms. The van der Waals surface area contributed by atoms with Crippen molar-refractivity contribution in [2.24, 2.45) is 5.92 Å². The van der Waals surface area contributed by atoms with Crippen molar-refractivity contribution >= 4 is 5.91 Å². The largest absolute Gasteiger partial charge is 0.347 e. The van der Waals surface area contributed by atoms with Gasteiger partial charge in [0.15, 0.2) is 0 Å². The molecule has 4 rings (SSSR count). The number of hydrogen-bond donors (Lipinski definition) is 1. The smallest absolute Gasteiger partial charge is 0.251 e. The second kappa shape index (κ2) is 7.47. The second-order valence-corrected chi connectivity index (χ2v) is 8.29. The van der Waals surface area contributed by atoms with E-state index < -0.39 is 0 Å². The van der Waals surface area contributed by atoms with Crippen LogP contribution in [0.4, 0.5) is 4.39 Å².